The molecule has 8 nitrogen and oxygen atoms in total. The molecule has 2 rings (SSSR count). The number of carbonyl (C=O) groups excluding carboxylic acids is 2. The Labute approximate surface area is 174 Å². The van der Waals surface area contributed by atoms with Crippen molar-refractivity contribution >= 4 is 21.9 Å². The summed E-state index contributed by atoms with van der Waals surface area (Å²) in [4.78, 5) is 23.1. The Morgan fingerprint density at radius 3 is 2.30 bits per heavy atom. The molecular formula is C14H12F3N2NaO6S. The maximum absolute atomic E-state index is 13.0. The third-order valence-electron chi connectivity index (χ3n) is 3.39. The number of rotatable bonds is 5. The van der Waals surface area contributed by atoms with Gasteiger partial charge in [-0.15, -0.1) is 0 Å². The van der Waals surface area contributed by atoms with Crippen molar-refractivity contribution in [1.82, 2.24) is 10.2 Å². The average molecular weight is 416 g/mol. The molecule has 1 aromatic carbocycles. The number of carbonyl (C=O) groups is 2. The Balaban J connectivity index is 0.00000364. The van der Waals surface area contributed by atoms with Crippen LogP contribution in [0.25, 0.3) is 0 Å². The molecule has 1 N–H and O–H groups in total. The van der Waals surface area contributed by atoms with Gasteiger partial charge in [0, 0.05) is 11.8 Å². The van der Waals surface area contributed by atoms with Gasteiger partial charge in [0.2, 0.25) is 0 Å². The summed E-state index contributed by atoms with van der Waals surface area (Å²) >= 11 is 0. The summed E-state index contributed by atoms with van der Waals surface area (Å²) in [7, 11) is -5.56. The minimum Gasteiger partial charge on any atom is -0.746 e. The Kier molecular flexibility index (Phi) is 7.47. The second kappa shape index (κ2) is 8.61. The standard InChI is InChI=1S/C14H13F3N2O6S.Na/c1-8(20)9-2-4-10(5-3-9)25-7-19-12(26(22,23)24)11(14(15,16)17)6-18-13(19)21;/h2-6,12H,7H2,1H3,(H,18,21)(H,22,23,24);/q;+1/p-1. The monoisotopic (exact) mass is 416 g/mol. The van der Waals surface area contributed by atoms with Crippen molar-refractivity contribution in [3.63, 3.8) is 0 Å². The fourth-order valence-corrected chi connectivity index (χ4v) is 3.14. The van der Waals surface area contributed by atoms with E-state index in [1.807, 2.05) is 0 Å². The number of hydrogen-bond acceptors (Lipinski definition) is 6. The molecule has 0 spiro atoms. The van der Waals surface area contributed by atoms with Gasteiger partial charge >= 0.3 is 41.8 Å². The van der Waals surface area contributed by atoms with Crippen LogP contribution in [0.5, 0.6) is 5.75 Å². The van der Waals surface area contributed by atoms with Gasteiger partial charge in [-0.1, -0.05) is 0 Å². The van der Waals surface area contributed by atoms with E-state index in [4.69, 9.17) is 4.74 Å². The minimum absolute atomic E-state index is 0. The first kappa shape index (κ1) is 23.4. The Bertz CT molecular complexity index is 855. The van der Waals surface area contributed by atoms with Crippen molar-refractivity contribution in [2.24, 2.45) is 0 Å². The van der Waals surface area contributed by atoms with E-state index >= 15 is 0 Å². The quantitative estimate of drug-likeness (QED) is 0.358. The van der Waals surface area contributed by atoms with Crippen LogP contribution in [-0.2, 0) is 10.1 Å². The summed E-state index contributed by atoms with van der Waals surface area (Å²) in [5, 5.41) is -1.06. The van der Waals surface area contributed by atoms with E-state index in [1.165, 1.54) is 31.2 Å². The molecule has 1 aliphatic rings. The molecule has 1 aromatic rings. The van der Waals surface area contributed by atoms with Crippen molar-refractivity contribution in [1.29, 1.82) is 0 Å². The van der Waals surface area contributed by atoms with Crippen LogP contribution in [0.2, 0.25) is 0 Å². The van der Waals surface area contributed by atoms with Gasteiger partial charge in [-0.25, -0.2) is 13.2 Å². The number of Topliss-reactive ketones (excluding diaryl/α,β-unsaturated/α-hetero) is 1. The molecule has 1 aliphatic heterocycles. The van der Waals surface area contributed by atoms with Crippen LogP contribution in [0.3, 0.4) is 0 Å². The molecule has 0 aromatic heterocycles. The molecule has 0 aliphatic carbocycles. The third-order valence-corrected chi connectivity index (χ3v) is 4.45. The second-order valence-corrected chi connectivity index (χ2v) is 6.65. The van der Waals surface area contributed by atoms with Crippen molar-refractivity contribution in [2.75, 3.05) is 6.73 Å². The van der Waals surface area contributed by atoms with Gasteiger partial charge in [-0.3, -0.25) is 9.69 Å². The van der Waals surface area contributed by atoms with E-state index in [-0.39, 0.29) is 52.2 Å². The SMILES string of the molecule is CC(=O)c1ccc(OCN2C(=O)NC=C(C(F)(F)F)C2S(=O)(=O)[O-])cc1.[Na+]. The number of hydrogen-bond donors (Lipinski definition) is 1. The molecule has 0 radical (unpaired) electrons. The Morgan fingerprint density at radius 1 is 1.30 bits per heavy atom. The van der Waals surface area contributed by atoms with Gasteiger partial charge in [0.1, 0.15) is 15.9 Å². The van der Waals surface area contributed by atoms with Crippen molar-refractivity contribution in [2.45, 2.75) is 18.5 Å². The van der Waals surface area contributed by atoms with Crippen molar-refractivity contribution in [3.8, 4) is 5.75 Å². The molecule has 0 fully saturated rings. The fraction of sp³-hybridized carbons (Fsp3) is 0.286. The smallest absolute Gasteiger partial charge is 0.746 e. The predicted molar refractivity (Wildman–Crippen MR) is 79.9 cm³/mol. The molecule has 0 saturated carbocycles. The van der Waals surface area contributed by atoms with E-state index in [0.717, 1.165) is 0 Å². The van der Waals surface area contributed by atoms with Crippen molar-refractivity contribution < 1.29 is 70.0 Å². The van der Waals surface area contributed by atoms with Crippen LogP contribution in [0.1, 0.15) is 17.3 Å². The molecular weight excluding hydrogens is 404 g/mol. The average Bonchev–Trinajstić information content (AvgIpc) is 2.51. The Hall–Kier alpha value is -1.60. The number of amides is 2. The normalized spacial score (nSPS) is 17.5. The first-order valence-electron chi connectivity index (χ1n) is 6.94. The van der Waals surface area contributed by atoms with E-state index in [0.29, 0.717) is 5.56 Å². The van der Waals surface area contributed by atoms with Crippen LogP contribution in [0.4, 0.5) is 18.0 Å². The molecule has 1 atom stereocenters. The molecule has 0 saturated heterocycles. The molecule has 142 valence electrons. The van der Waals surface area contributed by atoms with Gasteiger partial charge in [0.25, 0.3) is 0 Å². The van der Waals surface area contributed by atoms with Gasteiger partial charge in [0.15, 0.2) is 17.9 Å². The summed E-state index contributed by atoms with van der Waals surface area (Å²) in [6.07, 6.45) is -5.02. The number of urea groups is 1. The number of halogens is 3. The Morgan fingerprint density at radius 2 is 1.85 bits per heavy atom. The number of ketones is 1. The maximum Gasteiger partial charge on any atom is 1.00 e. The zero-order chi connectivity index (χ0) is 19.7. The molecule has 1 unspecified atom stereocenters. The van der Waals surface area contributed by atoms with Gasteiger partial charge in [-0.2, -0.15) is 13.2 Å². The molecule has 27 heavy (non-hydrogen) atoms. The van der Waals surface area contributed by atoms with E-state index in [1.54, 1.807) is 5.32 Å². The number of benzene rings is 1. The first-order valence-corrected chi connectivity index (χ1v) is 8.41. The summed E-state index contributed by atoms with van der Waals surface area (Å²) < 4.78 is 78.0. The van der Waals surface area contributed by atoms with Gasteiger partial charge < -0.3 is 14.6 Å². The number of nitrogens with zero attached hydrogens (tertiary/aromatic N) is 1. The largest absolute Gasteiger partial charge is 1.00 e. The number of ether oxygens (including phenoxy) is 1. The molecule has 0 bridgehead atoms. The number of alkyl halides is 3. The van der Waals surface area contributed by atoms with E-state index in [9.17, 15) is 35.7 Å². The summed E-state index contributed by atoms with van der Waals surface area (Å²) in [5.74, 6) is -0.183. The van der Waals surface area contributed by atoms with Crippen molar-refractivity contribution in [3.05, 3.63) is 41.6 Å². The minimum atomic E-state index is -5.56. The van der Waals surface area contributed by atoms with E-state index in [2.05, 4.69) is 0 Å². The topological polar surface area (TPSA) is 116 Å². The number of nitrogens with one attached hydrogen (secondary N) is 1. The molecule has 2 amide bonds. The van der Waals surface area contributed by atoms with Crippen LogP contribution < -0.4 is 39.6 Å². The predicted octanol–water partition coefficient (Wildman–Crippen LogP) is -1.43. The van der Waals surface area contributed by atoms with Crippen LogP contribution >= 0.6 is 0 Å². The zero-order valence-electron chi connectivity index (χ0n) is 14.1. The molecule has 1 heterocycles. The van der Waals surface area contributed by atoms with Gasteiger partial charge in [0.05, 0.1) is 5.57 Å². The zero-order valence-corrected chi connectivity index (χ0v) is 16.9. The van der Waals surface area contributed by atoms with Gasteiger partial charge in [-0.05, 0) is 31.2 Å². The van der Waals surface area contributed by atoms with Crippen LogP contribution in [0.15, 0.2) is 36.0 Å². The molecule has 13 heteroatoms. The third kappa shape index (κ3) is 5.69. The fourth-order valence-electron chi connectivity index (χ4n) is 2.16. The van der Waals surface area contributed by atoms with Crippen LogP contribution in [-0.4, -0.2) is 48.0 Å². The summed E-state index contributed by atoms with van der Waals surface area (Å²) in [6, 6.07) is 4.11. The second-order valence-electron chi connectivity index (χ2n) is 5.22. The first-order chi connectivity index (χ1) is 11.9. The summed E-state index contributed by atoms with van der Waals surface area (Å²) in [5.41, 5.74) is -1.39. The maximum atomic E-state index is 13.0. The van der Waals surface area contributed by atoms with E-state index < -0.39 is 40.0 Å². The van der Waals surface area contributed by atoms with Crippen LogP contribution in [0, 0.1) is 0 Å². The summed E-state index contributed by atoms with van der Waals surface area (Å²) in [6.45, 7) is 0.382.